The third kappa shape index (κ3) is 3.65. The van der Waals surface area contributed by atoms with Gasteiger partial charge < -0.3 is 4.42 Å². The van der Waals surface area contributed by atoms with Crippen LogP contribution in [0.2, 0.25) is 0 Å². The van der Waals surface area contributed by atoms with E-state index in [0.29, 0.717) is 0 Å². The first-order valence-corrected chi connectivity index (χ1v) is 14.9. The molecule has 0 spiro atoms. The largest absolute Gasteiger partial charge is 0.455 e. The monoisotopic (exact) mass is 548 g/mol. The van der Waals surface area contributed by atoms with Crippen molar-refractivity contribution in [2.45, 2.75) is 13.8 Å². The molecule has 1 aromatic heterocycles. The number of rotatable bonds is 3. The second kappa shape index (κ2) is 9.05. The smallest absolute Gasteiger partial charge is 0.143 e. The van der Waals surface area contributed by atoms with E-state index in [4.69, 9.17) is 4.42 Å². The predicted octanol–water partition coefficient (Wildman–Crippen LogP) is 12.1. The summed E-state index contributed by atoms with van der Waals surface area (Å²) in [6, 6.07) is 48.9. The quantitative estimate of drug-likeness (QED) is 0.200. The van der Waals surface area contributed by atoms with Crippen LogP contribution in [0.25, 0.3) is 87.6 Å². The number of hydrogen-bond acceptors (Lipinski definition) is 1. The maximum atomic E-state index is 6.39. The molecule has 0 aliphatic rings. The Hall–Kier alpha value is -5.40. The molecule has 1 heteroatoms. The zero-order valence-corrected chi connectivity index (χ0v) is 24.1. The van der Waals surface area contributed by atoms with Gasteiger partial charge in [-0.3, -0.25) is 0 Å². The third-order valence-corrected chi connectivity index (χ3v) is 9.09. The molecular formula is C42H28O. The van der Waals surface area contributed by atoms with Crippen LogP contribution >= 0.6 is 0 Å². The second-order valence-corrected chi connectivity index (χ2v) is 11.9. The van der Waals surface area contributed by atoms with Gasteiger partial charge in [-0.1, -0.05) is 132 Å². The highest BCUT2D eigenvalue weighted by molar-refractivity contribution is 6.27. The summed E-state index contributed by atoms with van der Waals surface area (Å²) in [5.41, 5.74) is 11.8. The molecule has 8 aromatic carbocycles. The SMILES string of the molecule is Cc1cc(C)cc(-c2ccc3ccc4c(-c5cccc(-c6cccc7c6oc6ccccc67)c5)ccc5ccc2c3c54)c1. The Morgan fingerprint density at radius 3 is 1.70 bits per heavy atom. The van der Waals surface area contributed by atoms with Gasteiger partial charge in [0.2, 0.25) is 0 Å². The average molecular weight is 549 g/mol. The molecule has 0 unspecified atom stereocenters. The number of hydrogen-bond donors (Lipinski definition) is 0. The average Bonchev–Trinajstić information content (AvgIpc) is 3.42. The zero-order chi connectivity index (χ0) is 28.7. The maximum Gasteiger partial charge on any atom is 0.143 e. The van der Waals surface area contributed by atoms with E-state index >= 15 is 0 Å². The lowest BCUT2D eigenvalue weighted by Crippen LogP contribution is -1.90. The summed E-state index contributed by atoms with van der Waals surface area (Å²) in [4.78, 5) is 0. The minimum Gasteiger partial charge on any atom is -0.455 e. The topological polar surface area (TPSA) is 13.1 Å². The van der Waals surface area contributed by atoms with Crippen LogP contribution in [-0.4, -0.2) is 0 Å². The first-order valence-electron chi connectivity index (χ1n) is 14.9. The standard InChI is InChI=1S/C42H28O/c1-25-21-26(2)23-31(22-25)33-18-14-28-15-19-36-32(17-13-27-16-20-37(33)41(28)40(27)36)29-7-5-8-30(24-29)34-10-6-11-38-35-9-3-4-12-39(35)43-42(34)38/h3-24H,1-2H3. The zero-order valence-electron chi connectivity index (χ0n) is 24.1. The van der Waals surface area contributed by atoms with E-state index in [1.54, 1.807) is 0 Å². The molecular weight excluding hydrogens is 520 g/mol. The van der Waals surface area contributed by atoms with Gasteiger partial charge in [-0.05, 0) is 86.1 Å². The summed E-state index contributed by atoms with van der Waals surface area (Å²) in [5, 5.41) is 10.1. The van der Waals surface area contributed by atoms with Crippen molar-refractivity contribution in [1.29, 1.82) is 0 Å². The van der Waals surface area contributed by atoms with Gasteiger partial charge in [-0.15, -0.1) is 0 Å². The van der Waals surface area contributed by atoms with Crippen molar-refractivity contribution in [1.82, 2.24) is 0 Å². The van der Waals surface area contributed by atoms with Gasteiger partial charge in [0.1, 0.15) is 11.2 Å². The summed E-state index contributed by atoms with van der Waals surface area (Å²) < 4.78 is 6.39. The Bertz CT molecular complexity index is 2510. The molecule has 0 aliphatic carbocycles. The van der Waals surface area contributed by atoms with Crippen LogP contribution < -0.4 is 0 Å². The van der Waals surface area contributed by atoms with Crippen LogP contribution in [0.4, 0.5) is 0 Å². The number of aryl methyl sites for hydroxylation is 2. The summed E-state index contributed by atoms with van der Waals surface area (Å²) in [7, 11) is 0. The number of fused-ring (bicyclic) bond motifs is 3. The molecule has 0 N–H and O–H groups in total. The molecule has 0 fully saturated rings. The fourth-order valence-corrected chi connectivity index (χ4v) is 7.26. The van der Waals surface area contributed by atoms with Gasteiger partial charge in [0.15, 0.2) is 0 Å². The first-order chi connectivity index (χ1) is 21.1. The molecule has 9 aromatic rings. The molecule has 9 rings (SSSR count). The molecule has 0 aliphatic heterocycles. The highest BCUT2D eigenvalue weighted by Gasteiger charge is 2.16. The van der Waals surface area contributed by atoms with Gasteiger partial charge in [0.25, 0.3) is 0 Å². The molecule has 1 heterocycles. The predicted molar refractivity (Wildman–Crippen MR) is 183 cm³/mol. The Morgan fingerprint density at radius 2 is 0.977 bits per heavy atom. The highest BCUT2D eigenvalue weighted by atomic mass is 16.3. The van der Waals surface area contributed by atoms with Gasteiger partial charge in [-0.2, -0.15) is 0 Å². The molecule has 202 valence electrons. The minimum atomic E-state index is 0.924. The number of benzene rings is 8. The first kappa shape index (κ1) is 24.2. The van der Waals surface area contributed by atoms with E-state index in [1.807, 2.05) is 12.1 Å². The van der Waals surface area contributed by atoms with Crippen LogP contribution in [0.1, 0.15) is 11.1 Å². The highest BCUT2D eigenvalue weighted by Crippen LogP contribution is 2.43. The van der Waals surface area contributed by atoms with Crippen LogP contribution in [0.5, 0.6) is 0 Å². The number of furan rings is 1. The van der Waals surface area contributed by atoms with Crippen molar-refractivity contribution >= 4 is 54.3 Å². The van der Waals surface area contributed by atoms with Crippen molar-refractivity contribution in [3.8, 4) is 33.4 Å². The normalized spacial score (nSPS) is 12.0. The lowest BCUT2D eigenvalue weighted by atomic mass is 9.86. The molecule has 1 nitrogen and oxygen atoms in total. The third-order valence-electron chi connectivity index (χ3n) is 9.09. The fourth-order valence-electron chi connectivity index (χ4n) is 7.26. The van der Waals surface area contributed by atoms with Crippen molar-refractivity contribution in [3.63, 3.8) is 0 Å². The lowest BCUT2D eigenvalue weighted by molar-refractivity contribution is 0.670. The summed E-state index contributed by atoms with van der Waals surface area (Å²) in [6.45, 7) is 4.36. The molecule has 0 radical (unpaired) electrons. The van der Waals surface area contributed by atoms with Crippen molar-refractivity contribution in [2.24, 2.45) is 0 Å². The molecule has 0 saturated heterocycles. The molecule has 43 heavy (non-hydrogen) atoms. The Kier molecular flexibility index (Phi) is 5.10. The lowest BCUT2D eigenvalue weighted by Gasteiger charge is -2.17. The van der Waals surface area contributed by atoms with E-state index in [9.17, 15) is 0 Å². The van der Waals surface area contributed by atoms with E-state index in [2.05, 4.69) is 135 Å². The van der Waals surface area contributed by atoms with Crippen LogP contribution in [0, 0.1) is 13.8 Å². The Balaban J connectivity index is 1.26. The van der Waals surface area contributed by atoms with Crippen molar-refractivity contribution < 1.29 is 4.42 Å². The summed E-state index contributed by atoms with van der Waals surface area (Å²) >= 11 is 0. The van der Waals surface area contributed by atoms with Gasteiger partial charge in [-0.25, -0.2) is 0 Å². The van der Waals surface area contributed by atoms with Crippen LogP contribution in [0.15, 0.2) is 138 Å². The molecule has 0 bridgehead atoms. The minimum absolute atomic E-state index is 0.924. The van der Waals surface area contributed by atoms with Crippen molar-refractivity contribution in [2.75, 3.05) is 0 Å². The van der Waals surface area contributed by atoms with E-state index in [1.165, 1.54) is 65.7 Å². The molecule has 0 atom stereocenters. The van der Waals surface area contributed by atoms with Gasteiger partial charge >= 0.3 is 0 Å². The fraction of sp³-hybridized carbons (Fsp3) is 0.0476. The van der Waals surface area contributed by atoms with Gasteiger partial charge in [0.05, 0.1) is 0 Å². The van der Waals surface area contributed by atoms with E-state index in [0.717, 1.165) is 33.1 Å². The number of para-hydroxylation sites is 2. The Morgan fingerprint density at radius 1 is 0.395 bits per heavy atom. The summed E-state index contributed by atoms with van der Waals surface area (Å²) in [6.07, 6.45) is 0. The maximum absolute atomic E-state index is 6.39. The van der Waals surface area contributed by atoms with E-state index in [-0.39, 0.29) is 0 Å². The van der Waals surface area contributed by atoms with Gasteiger partial charge in [0, 0.05) is 16.3 Å². The summed E-state index contributed by atoms with van der Waals surface area (Å²) in [5.74, 6) is 0. The molecule has 0 amide bonds. The van der Waals surface area contributed by atoms with E-state index < -0.39 is 0 Å². The second-order valence-electron chi connectivity index (χ2n) is 11.9. The van der Waals surface area contributed by atoms with Crippen molar-refractivity contribution in [3.05, 3.63) is 145 Å². The molecule has 0 saturated carbocycles. The van der Waals surface area contributed by atoms with Crippen LogP contribution in [0.3, 0.4) is 0 Å². The van der Waals surface area contributed by atoms with Crippen LogP contribution in [-0.2, 0) is 0 Å². The Labute approximate surface area is 250 Å².